The number of aromatic nitrogens is 1. The fraction of sp³-hybridized carbons (Fsp3) is 0.0833. The summed E-state index contributed by atoms with van der Waals surface area (Å²) in [5.74, 6) is 0. The maximum absolute atomic E-state index is 8.58. The zero-order valence-corrected chi connectivity index (χ0v) is 11.4. The van der Waals surface area contributed by atoms with Crippen LogP contribution >= 0.6 is 0 Å². The molecule has 0 N–H and O–H groups in total. The third-order valence-electron chi connectivity index (χ3n) is 1.63. The van der Waals surface area contributed by atoms with Gasteiger partial charge in [-0.1, -0.05) is 23.6 Å². The quantitative estimate of drug-likeness (QED) is 0.691. The molecule has 0 aliphatic heterocycles. The van der Waals surface area contributed by atoms with Crippen molar-refractivity contribution < 1.29 is 32.7 Å². The zero-order valence-electron chi connectivity index (χ0n) is 8.57. The summed E-state index contributed by atoms with van der Waals surface area (Å²) in [4.78, 5) is 4.10. The molecule has 1 aromatic heterocycles. The first-order valence-corrected chi connectivity index (χ1v) is 4.28. The van der Waals surface area contributed by atoms with Gasteiger partial charge in [0, 0.05) is 0 Å². The number of rotatable bonds is 0. The molecule has 0 atom stereocenters. The third kappa shape index (κ3) is 3.70. The fourth-order valence-electron chi connectivity index (χ4n) is 1.06. The van der Waals surface area contributed by atoms with E-state index in [1.54, 1.807) is 6.92 Å². The summed E-state index contributed by atoms with van der Waals surface area (Å²) in [5.41, 5.74) is 1.35. The summed E-state index contributed by atoms with van der Waals surface area (Å²) in [5, 5.41) is 9.46. The van der Waals surface area contributed by atoms with E-state index >= 15 is 0 Å². The Morgan fingerprint density at radius 2 is 2.00 bits per heavy atom. The van der Waals surface area contributed by atoms with E-state index in [1.165, 1.54) is 6.20 Å². The van der Waals surface area contributed by atoms with E-state index in [0.29, 0.717) is 5.56 Å². The molecular weight excluding hydrogens is 261 g/mol. The van der Waals surface area contributed by atoms with Crippen molar-refractivity contribution >= 4 is 10.9 Å². The number of hydrogen-bond donors (Lipinski definition) is 0. The van der Waals surface area contributed by atoms with Crippen LogP contribution in [0.15, 0.2) is 30.5 Å². The molecule has 0 spiro atoms. The molecule has 2 nitrogen and oxygen atoms in total. The molecular formula is C12H10N2Y+. The molecule has 70 valence electrons. The van der Waals surface area contributed by atoms with E-state index in [2.05, 4.69) is 18.0 Å². The number of fused-ring (bicyclic) bond motifs is 1. The van der Waals surface area contributed by atoms with Crippen LogP contribution in [-0.2, 0) is 32.7 Å². The van der Waals surface area contributed by atoms with E-state index in [0.717, 1.165) is 10.9 Å². The van der Waals surface area contributed by atoms with Crippen LogP contribution < -0.4 is 0 Å². The minimum Gasteiger partial charge on any atom is -0.346 e. The number of pyridine rings is 1. The Balaban J connectivity index is 0.000000617. The largest absolute Gasteiger partial charge is 3.00 e. The van der Waals surface area contributed by atoms with Crippen molar-refractivity contribution in [2.24, 2.45) is 0 Å². The molecule has 0 aliphatic carbocycles. The zero-order chi connectivity index (χ0) is 10.4. The molecule has 0 fully saturated rings. The SMILES string of the molecule is N#Cc1[c-]c2ccccc2nc1.[CH2-]C.[Y+3]. The Morgan fingerprint density at radius 3 is 2.67 bits per heavy atom. The van der Waals surface area contributed by atoms with Gasteiger partial charge in [-0.25, -0.2) is 5.26 Å². The van der Waals surface area contributed by atoms with Gasteiger partial charge in [0.15, 0.2) is 0 Å². The minimum absolute atomic E-state index is 0. The molecule has 0 amide bonds. The van der Waals surface area contributed by atoms with Crippen molar-refractivity contribution in [3.63, 3.8) is 0 Å². The summed E-state index contributed by atoms with van der Waals surface area (Å²) >= 11 is 0. The van der Waals surface area contributed by atoms with Crippen LogP contribution in [-0.4, -0.2) is 4.98 Å². The number of benzene rings is 1. The van der Waals surface area contributed by atoms with Gasteiger partial charge < -0.3 is 11.9 Å². The van der Waals surface area contributed by atoms with E-state index in [1.807, 2.05) is 30.3 Å². The predicted octanol–water partition coefficient (Wildman–Crippen LogP) is 2.74. The van der Waals surface area contributed by atoms with Crippen LogP contribution in [0.4, 0.5) is 0 Å². The van der Waals surface area contributed by atoms with Crippen LogP contribution in [0.1, 0.15) is 12.5 Å². The maximum Gasteiger partial charge on any atom is 3.00 e. The average Bonchev–Trinajstić information content (AvgIpc) is 2.31. The Hall–Kier alpha value is -0.776. The summed E-state index contributed by atoms with van der Waals surface area (Å²) < 4.78 is 0. The first-order valence-electron chi connectivity index (χ1n) is 4.28. The minimum atomic E-state index is 0. The van der Waals surface area contributed by atoms with Crippen molar-refractivity contribution in [1.82, 2.24) is 4.98 Å². The molecule has 0 aliphatic rings. The molecule has 0 saturated carbocycles. The van der Waals surface area contributed by atoms with Gasteiger partial charge >= 0.3 is 32.7 Å². The first-order chi connectivity index (χ1) is 6.90. The average molecular weight is 271 g/mol. The molecule has 2 aromatic rings. The molecule has 1 heterocycles. The van der Waals surface area contributed by atoms with Crippen molar-refractivity contribution in [3.05, 3.63) is 49.0 Å². The Morgan fingerprint density at radius 1 is 1.33 bits per heavy atom. The molecule has 15 heavy (non-hydrogen) atoms. The van der Waals surface area contributed by atoms with Crippen molar-refractivity contribution in [1.29, 1.82) is 5.26 Å². The summed E-state index contributed by atoms with van der Waals surface area (Å²) in [7, 11) is 0. The van der Waals surface area contributed by atoms with E-state index in [-0.39, 0.29) is 32.7 Å². The summed E-state index contributed by atoms with van der Waals surface area (Å²) in [6.45, 7) is 5.00. The topological polar surface area (TPSA) is 36.7 Å². The van der Waals surface area contributed by atoms with E-state index in [9.17, 15) is 0 Å². The van der Waals surface area contributed by atoms with Crippen LogP contribution in [0, 0.1) is 24.3 Å². The molecule has 0 unspecified atom stereocenters. The molecule has 0 bridgehead atoms. The smallest absolute Gasteiger partial charge is 0.346 e. The second kappa shape index (κ2) is 7.51. The second-order valence-electron chi connectivity index (χ2n) is 2.43. The summed E-state index contributed by atoms with van der Waals surface area (Å²) in [6.07, 6.45) is 1.53. The van der Waals surface area contributed by atoms with Crippen LogP contribution in [0.2, 0.25) is 0 Å². The maximum atomic E-state index is 8.58. The molecule has 0 saturated heterocycles. The monoisotopic (exact) mass is 271 g/mol. The molecule has 2 rings (SSSR count). The number of nitriles is 1. The fourth-order valence-corrected chi connectivity index (χ4v) is 1.06. The van der Waals surface area contributed by atoms with Crippen molar-refractivity contribution in [2.75, 3.05) is 0 Å². The van der Waals surface area contributed by atoms with Crippen LogP contribution in [0.3, 0.4) is 0 Å². The van der Waals surface area contributed by atoms with E-state index in [4.69, 9.17) is 5.26 Å². The standard InChI is InChI=1S/C10H5N2.C2H5.Y/c11-6-8-5-9-3-1-2-4-10(9)12-7-8;1-2;/h1-4,7H;1H2,2H3;/q2*-1;+3. The van der Waals surface area contributed by atoms with Crippen LogP contribution in [0.25, 0.3) is 10.9 Å². The van der Waals surface area contributed by atoms with Gasteiger partial charge in [0.25, 0.3) is 0 Å². The molecule has 3 heteroatoms. The number of nitrogens with zero attached hydrogens (tertiary/aromatic N) is 2. The first kappa shape index (κ1) is 14.2. The number of hydrogen-bond acceptors (Lipinski definition) is 2. The second-order valence-corrected chi connectivity index (χ2v) is 2.43. The van der Waals surface area contributed by atoms with E-state index < -0.39 is 0 Å². The van der Waals surface area contributed by atoms with Gasteiger partial charge in [0.2, 0.25) is 0 Å². The summed E-state index contributed by atoms with van der Waals surface area (Å²) in [6, 6.07) is 12.6. The molecule has 0 radical (unpaired) electrons. The Bertz CT molecular complexity index is 460. The Labute approximate surface area is 115 Å². The molecule has 1 aromatic carbocycles. The van der Waals surface area contributed by atoms with Gasteiger partial charge in [-0.3, -0.25) is 0 Å². The normalized spacial score (nSPS) is 8.07. The van der Waals surface area contributed by atoms with Gasteiger partial charge in [0.05, 0.1) is 0 Å². The van der Waals surface area contributed by atoms with Gasteiger partial charge in [-0.05, 0) is 23.3 Å². The van der Waals surface area contributed by atoms with Gasteiger partial charge in [-0.15, -0.1) is 12.1 Å². The predicted molar refractivity (Wildman–Crippen MR) is 56.3 cm³/mol. The van der Waals surface area contributed by atoms with Crippen LogP contribution in [0.5, 0.6) is 0 Å². The van der Waals surface area contributed by atoms with Gasteiger partial charge in [-0.2, -0.15) is 6.92 Å². The van der Waals surface area contributed by atoms with Gasteiger partial charge in [0.1, 0.15) is 0 Å². The number of para-hydroxylation sites is 1. The van der Waals surface area contributed by atoms with Crippen molar-refractivity contribution in [3.8, 4) is 6.07 Å². The Kier molecular flexibility index (Phi) is 7.12. The van der Waals surface area contributed by atoms with Crippen molar-refractivity contribution in [2.45, 2.75) is 6.92 Å². The third-order valence-corrected chi connectivity index (χ3v) is 1.63.